The number of anilines is 1. The number of aromatic carboxylic acids is 1. The molecule has 0 saturated heterocycles. The number of fused-ring (bicyclic) bond motifs is 2. The fraction of sp³-hybridized carbons (Fsp3) is 0.111. The number of ether oxygens (including phenoxy) is 1. The van der Waals surface area contributed by atoms with Crippen LogP contribution in [0.2, 0.25) is 0 Å². The van der Waals surface area contributed by atoms with Crippen LogP contribution >= 0.6 is 0 Å². The number of imidazole rings is 1. The van der Waals surface area contributed by atoms with Gasteiger partial charge in [-0.05, 0) is 17.7 Å². The van der Waals surface area contributed by atoms with Crippen LogP contribution in [0.3, 0.4) is 0 Å². The Morgan fingerprint density at radius 1 is 1.23 bits per heavy atom. The minimum atomic E-state index is -1.34. The maximum absolute atomic E-state index is 12.5. The van der Waals surface area contributed by atoms with E-state index in [1.807, 2.05) is 0 Å². The van der Waals surface area contributed by atoms with E-state index in [1.54, 1.807) is 18.2 Å². The third-order valence-electron chi connectivity index (χ3n) is 4.27. The van der Waals surface area contributed by atoms with Gasteiger partial charge in [-0.25, -0.2) is 14.8 Å². The lowest BCUT2D eigenvalue weighted by molar-refractivity contribution is -0.118. The number of carboxylic acid groups (broad SMARTS) is 1. The van der Waals surface area contributed by atoms with Crippen molar-refractivity contribution in [2.45, 2.75) is 6.54 Å². The van der Waals surface area contributed by atoms with Crippen LogP contribution in [0.5, 0.6) is 5.75 Å². The molecule has 152 valence electrons. The molecule has 4 rings (SSSR count). The molecule has 0 spiro atoms. The van der Waals surface area contributed by atoms with Crippen molar-refractivity contribution < 1.29 is 29.0 Å². The minimum absolute atomic E-state index is 0.0611. The zero-order chi connectivity index (χ0) is 21.4. The van der Waals surface area contributed by atoms with E-state index in [4.69, 9.17) is 10.5 Å². The van der Waals surface area contributed by atoms with Crippen molar-refractivity contribution in [2.75, 3.05) is 11.9 Å². The summed E-state index contributed by atoms with van der Waals surface area (Å²) < 4.78 is 6.33. The lowest BCUT2D eigenvalue weighted by atomic mass is 10.1. The fourth-order valence-corrected chi connectivity index (χ4v) is 2.88. The molecule has 0 unspecified atom stereocenters. The zero-order valence-corrected chi connectivity index (χ0v) is 15.2. The molecule has 30 heavy (non-hydrogen) atoms. The second kappa shape index (κ2) is 7.16. The topological polar surface area (TPSA) is 178 Å². The average Bonchev–Trinajstić information content (AvgIpc) is 3.15. The highest BCUT2D eigenvalue weighted by Crippen LogP contribution is 2.28. The van der Waals surface area contributed by atoms with Gasteiger partial charge in [0.2, 0.25) is 5.78 Å². The second-order valence-corrected chi connectivity index (χ2v) is 6.34. The van der Waals surface area contributed by atoms with Gasteiger partial charge in [0.05, 0.1) is 5.69 Å². The van der Waals surface area contributed by atoms with E-state index < -0.39 is 17.8 Å². The number of nitrogens with two attached hydrogens (primary N) is 1. The van der Waals surface area contributed by atoms with E-state index in [1.165, 1.54) is 0 Å². The lowest BCUT2D eigenvalue weighted by Crippen LogP contribution is -2.27. The Morgan fingerprint density at radius 2 is 2.00 bits per heavy atom. The molecular formula is C18H14N6O6. The number of amides is 3. The number of hydrogen-bond donors (Lipinski definition) is 4. The van der Waals surface area contributed by atoms with E-state index in [0.717, 1.165) is 16.7 Å². The molecule has 1 aromatic carbocycles. The van der Waals surface area contributed by atoms with Crippen molar-refractivity contribution in [2.24, 2.45) is 5.73 Å². The lowest BCUT2D eigenvalue weighted by Gasteiger charge is -2.18. The molecule has 0 saturated carbocycles. The molecule has 0 radical (unpaired) electrons. The Balaban J connectivity index is 1.57. The molecule has 12 nitrogen and oxygen atoms in total. The van der Waals surface area contributed by atoms with Crippen LogP contribution in [-0.4, -0.2) is 49.8 Å². The number of carbonyl (C=O) groups excluding carboxylic acids is 3. The van der Waals surface area contributed by atoms with Crippen molar-refractivity contribution in [3.8, 4) is 5.75 Å². The Hall–Kier alpha value is -4.48. The standard InChI is InChI=1S/C18H14N6O6/c19-15(26)11-6-24-12(17(28)29)4-10(22-18(24)23-11)16(27)20-5-8-1-2-13-9(3-8)21-14(25)7-30-13/h1-4,6H,5,7H2,(H2,19,26)(H,20,27)(H,21,25)(H,28,29). The van der Waals surface area contributed by atoms with Crippen molar-refractivity contribution >= 4 is 35.2 Å². The Morgan fingerprint density at radius 3 is 2.73 bits per heavy atom. The molecular weight excluding hydrogens is 396 g/mol. The highest BCUT2D eigenvalue weighted by molar-refractivity contribution is 5.97. The summed E-state index contributed by atoms with van der Waals surface area (Å²) >= 11 is 0. The van der Waals surface area contributed by atoms with Crippen LogP contribution in [0.1, 0.15) is 37.0 Å². The van der Waals surface area contributed by atoms with Gasteiger partial charge in [0.15, 0.2) is 6.61 Å². The summed E-state index contributed by atoms with van der Waals surface area (Å²) in [6.45, 7) is 0.0204. The first kappa shape index (κ1) is 18.9. The van der Waals surface area contributed by atoms with E-state index in [2.05, 4.69) is 20.6 Å². The summed E-state index contributed by atoms with van der Waals surface area (Å²) in [5.41, 5.74) is 5.64. The third-order valence-corrected chi connectivity index (χ3v) is 4.27. The SMILES string of the molecule is NC(=O)c1cn2c(C(=O)O)cc(C(=O)NCc3ccc4c(c3)NC(=O)CO4)nc2n1. The van der Waals surface area contributed by atoms with E-state index in [9.17, 15) is 24.3 Å². The monoisotopic (exact) mass is 410 g/mol. The maximum atomic E-state index is 12.5. The molecule has 0 aliphatic carbocycles. The predicted molar refractivity (Wildman–Crippen MR) is 100 cm³/mol. The van der Waals surface area contributed by atoms with Crippen LogP contribution in [0.15, 0.2) is 30.5 Å². The first-order valence-electron chi connectivity index (χ1n) is 8.59. The molecule has 12 heteroatoms. The van der Waals surface area contributed by atoms with Gasteiger partial charge in [0.25, 0.3) is 17.7 Å². The van der Waals surface area contributed by atoms with Crippen molar-refractivity contribution in [3.63, 3.8) is 0 Å². The largest absolute Gasteiger partial charge is 0.482 e. The fourth-order valence-electron chi connectivity index (χ4n) is 2.88. The molecule has 3 aromatic rings. The number of hydrogen-bond acceptors (Lipinski definition) is 7. The van der Waals surface area contributed by atoms with Gasteiger partial charge in [-0.2, -0.15) is 0 Å². The quantitative estimate of drug-likeness (QED) is 0.446. The average molecular weight is 410 g/mol. The highest BCUT2D eigenvalue weighted by Gasteiger charge is 2.20. The van der Waals surface area contributed by atoms with Gasteiger partial charge in [-0.15, -0.1) is 0 Å². The van der Waals surface area contributed by atoms with Crippen molar-refractivity contribution in [3.05, 3.63) is 53.1 Å². The van der Waals surface area contributed by atoms with E-state index >= 15 is 0 Å². The maximum Gasteiger partial charge on any atom is 0.353 e. The van der Waals surface area contributed by atoms with Gasteiger partial charge in [0.1, 0.15) is 22.8 Å². The number of aromatic nitrogens is 3. The molecule has 1 aliphatic heterocycles. The summed E-state index contributed by atoms with van der Waals surface area (Å²) in [7, 11) is 0. The Bertz CT molecular complexity index is 1230. The smallest absolute Gasteiger partial charge is 0.353 e. The minimum Gasteiger partial charge on any atom is -0.482 e. The number of nitrogens with one attached hydrogen (secondary N) is 2. The molecule has 0 bridgehead atoms. The molecule has 2 aromatic heterocycles. The predicted octanol–water partition coefficient (Wildman–Crippen LogP) is -0.213. The number of benzene rings is 1. The van der Waals surface area contributed by atoms with Gasteiger partial charge < -0.3 is 26.2 Å². The molecule has 0 fully saturated rings. The number of nitrogens with zero attached hydrogens (tertiary/aromatic N) is 3. The molecule has 5 N–H and O–H groups in total. The van der Waals surface area contributed by atoms with Crippen LogP contribution in [-0.2, 0) is 11.3 Å². The van der Waals surface area contributed by atoms with Crippen LogP contribution < -0.4 is 21.1 Å². The first-order chi connectivity index (χ1) is 14.3. The number of rotatable bonds is 5. The zero-order valence-electron chi connectivity index (χ0n) is 15.2. The summed E-state index contributed by atoms with van der Waals surface area (Å²) in [5, 5.41) is 14.7. The Labute approximate surface area is 167 Å². The number of primary amides is 1. The normalized spacial score (nSPS) is 12.6. The third kappa shape index (κ3) is 3.48. The van der Waals surface area contributed by atoms with Crippen LogP contribution in [0, 0.1) is 0 Å². The first-order valence-corrected chi connectivity index (χ1v) is 8.59. The summed E-state index contributed by atoms with van der Waals surface area (Å²) in [6, 6.07) is 6.10. The van der Waals surface area contributed by atoms with Crippen molar-refractivity contribution in [1.82, 2.24) is 19.7 Å². The molecule has 3 amide bonds. The summed E-state index contributed by atoms with van der Waals surface area (Å²) in [4.78, 5) is 54.7. The van der Waals surface area contributed by atoms with Gasteiger partial charge >= 0.3 is 5.97 Å². The van der Waals surface area contributed by atoms with Crippen LogP contribution in [0.4, 0.5) is 5.69 Å². The van der Waals surface area contributed by atoms with Crippen molar-refractivity contribution in [1.29, 1.82) is 0 Å². The van der Waals surface area contributed by atoms with Gasteiger partial charge in [0, 0.05) is 18.8 Å². The summed E-state index contributed by atoms with van der Waals surface area (Å²) in [5.74, 6) is -2.75. The highest BCUT2D eigenvalue weighted by atomic mass is 16.5. The summed E-state index contributed by atoms with van der Waals surface area (Å²) in [6.07, 6.45) is 1.14. The number of carboxylic acids is 1. The van der Waals surface area contributed by atoms with E-state index in [-0.39, 0.29) is 41.9 Å². The second-order valence-electron chi connectivity index (χ2n) is 6.34. The molecule has 3 heterocycles. The molecule has 0 atom stereocenters. The number of carbonyl (C=O) groups is 4. The van der Waals surface area contributed by atoms with E-state index in [0.29, 0.717) is 17.0 Å². The van der Waals surface area contributed by atoms with Gasteiger partial charge in [-0.1, -0.05) is 6.07 Å². The van der Waals surface area contributed by atoms with Gasteiger partial charge in [-0.3, -0.25) is 18.8 Å². The van der Waals surface area contributed by atoms with Crippen LogP contribution in [0.25, 0.3) is 5.78 Å². The Kier molecular flexibility index (Phi) is 4.50. The molecule has 1 aliphatic rings.